The summed E-state index contributed by atoms with van der Waals surface area (Å²) >= 11 is 0. The summed E-state index contributed by atoms with van der Waals surface area (Å²) in [5.41, 5.74) is 18.5. The average Bonchev–Trinajstić information content (AvgIpc) is 3.15. The Morgan fingerprint density at radius 3 is 1.94 bits per heavy atom. The van der Waals surface area contributed by atoms with Crippen molar-refractivity contribution in [2.45, 2.75) is 32.0 Å². The van der Waals surface area contributed by atoms with Crippen molar-refractivity contribution in [3.8, 4) is 56.0 Å². The number of fused-ring (bicyclic) bond motifs is 9. The highest BCUT2D eigenvalue weighted by Gasteiger charge is 2.44. The largest absolute Gasteiger partial charge is 0.357 e. The molecule has 10 rings (SSSR count). The SMILES string of the molecule is Cc1cc2[n+](cc1-c1ccccc1)C(c1c3cccc1-c1cccc[n+]1C1Cc4c-3cccc4-c3cccc[n+]31)Cc1ccccc1-2. The fraction of sp³-hybridized carbons (Fsp3) is 0.114. The van der Waals surface area contributed by atoms with Crippen LogP contribution in [0, 0.1) is 6.92 Å². The summed E-state index contributed by atoms with van der Waals surface area (Å²) in [6, 6.07) is 49.7. The van der Waals surface area contributed by atoms with Crippen molar-refractivity contribution in [1.82, 2.24) is 0 Å². The van der Waals surface area contributed by atoms with Gasteiger partial charge in [0.2, 0.25) is 17.1 Å². The van der Waals surface area contributed by atoms with Crippen molar-refractivity contribution in [2.75, 3.05) is 0 Å². The molecule has 0 aliphatic carbocycles. The topological polar surface area (TPSA) is 11.6 Å². The molecular weight excluding hydrogens is 571 g/mol. The number of pyridine rings is 3. The van der Waals surface area contributed by atoms with E-state index in [2.05, 4.69) is 173 Å². The molecule has 0 saturated heterocycles. The highest BCUT2D eigenvalue weighted by atomic mass is 15.2. The first-order valence-electron chi connectivity index (χ1n) is 16.7. The Labute approximate surface area is 275 Å². The van der Waals surface area contributed by atoms with Gasteiger partial charge in [-0.3, -0.25) is 0 Å². The molecular formula is C44H34N3+3. The van der Waals surface area contributed by atoms with E-state index in [1.165, 1.54) is 78.3 Å². The molecule has 0 fully saturated rings. The standard InChI is InChI=1S/C44H34N3/c1-29-25-41-32-16-6-5-15-31(32)26-42(47(41)28-38(29)30-13-3-2-4-14-30)44-35-19-12-20-36(44)40-22-8-10-24-46(40)43-27-37-33(35)17-11-18-34(37)39-21-7-9-23-45(39)43/h2-25,28,42-43H,26-27H2,1H3/q+3. The van der Waals surface area contributed by atoms with Crippen LogP contribution in [-0.2, 0) is 12.8 Å². The first-order chi connectivity index (χ1) is 23.2. The van der Waals surface area contributed by atoms with E-state index in [0.717, 1.165) is 12.8 Å². The van der Waals surface area contributed by atoms with Crippen LogP contribution in [0.2, 0.25) is 0 Å². The molecule has 7 aromatic rings. The van der Waals surface area contributed by atoms with Crippen LogP contribution in [0.15, 0.2) is 152 Å². The minimum atomic E-state index is 0.103. The first kappa shape index (κ1) is 26.5. The van der Waals surface area contributed by atoms with E-state index in [9.17, 15) is 0 Å². The quantitative estimate of drug-likeness (QED) is 0.176. The maximum absolute atomic E-state index is 2.59. The third kappa shape index (κ3) is 3.90. The molecule has 2 unspecified atom stereocenters. The molecule has 0 radical (unpaired) electrons. The van der Waals surface area contributed by atoms with E-state index in [1.807, 2.05) is 0 Å². The molecule has 222 valence electrons. The second kappa shape index (κ2) is 10.2. The second-order valence-electron chi connectivity index (χ2n) is 13.2. The number of aromatic nitrogens is 3. The van der Waals surface area contributed by atoms with Crippen molar-refractivity contribution in [3.05, 3.63) is 174 Å². The van der Waals surface area contributed by atoms with Gasteiger partial charge >= 0.3 is 6.17 Å². The molecule has 4 aromatic carbocycles. The summed E-state index contributed by atoms with van der Waals surface area (Å²) < 4.78 is 7.58. The van der Waals surface area contributed by atoms with Gasteiger partial charge in [0.05, 0.1) is 11.1 Å². The Morgan fingerprint density at radius 2 is 1.13 bits per heavy atom. The van der Waals surface area contributed by atoms with Crippen molar-refractivity contribution in [2.24, 2.45) is 0 Å². The fourth-order valence-electron chi connectivity index (χ4n) is 8.64. The van der Waals surface area contributed by atoms with Crippen LogP contribution in [-0.4, -0.2) is 0 Å². The normalized spacial score (nSPS) is 16.4. The van der Waals surface area contributed by atoms with Gasteiger partial charge < -0.3 is 0 Å². The monoisotopic (exact) mass is 604 g/mol. The van der Waals surface area contributed by atoms with E-state index in [-0.39, 0.29) is 12.2 Å². The van der Waals surface area contributed by atoms with Gasteiger partial charge in [-0.2, -0.15) is 4.57 Å². The zero-order chi connectivity index (χ0) is 31.1. The molecule has 6 bridgehead atoms. The van der Waals surface area contributed by atoms with Crippen LogP contribution in [0.25, 0.3) is 56.0 Å². The highest BCUT2D eigenvalue weighted by molar-refractivity contribution is 5.84. The maximum Gasteiger partial charge on any atom is 0.357 e. The van der Waals surface area contributed by atoms with Gasteiger partial charge in [0.15, 0.2) is 24.6 Å². The lowest BCUT2D eigenvalue weighted by Gasteiger charge is -2.27. The number of rotatable bonds is 2. The summed E-state index contributed by atoms with van der Waals surface area (Å²) in [4.78, 5) is 0. The summed E-state index contributed by atoms with van der Waals surface area (Å²) in [5, 5.41) is 0. The third-order valence-electron chi connectivity index (χ3n) is 10.7. The van der Waals surface area contributed by atoms with Crippen molar-refractivity contribution < 1.29 is 13.7 Å². The van der Waals surface area contributed by atoms with Gasteiger partial charge in [0.25, 0.3) is 0 Å². The molecule has 47 heavy (non-hydrogen) atoms. The van der Waals surface area contributed by atoms with Gasteiger partial charge in [-0.25, -0.2) is 0 Å². The first-order valence-corrected chi connectivity index (χ1v) is 16.7. The zero-order valence-electron chi connectivity index (χ0n) is 26.3. The summed E-state index contributed by atoms with van der Waals surface area (Å²) in [7, 11) is 0. The van der Waals surface area contributed by atoms with Gasteiger partial charge in [-0.1, -0.05) is 72.8 Å². The maximum atomic E-state index is 2.59. The van der Waals surface area contributed by atoms with Gasteiger partial charge in [-0.15, -0.1) is 9.13 Å². The van der Waals surface area contributed by atoms with Crippen LogP contribution in [0.3, 0.4) is 0 Å². The Hall–Kier alpha value is -5.67. The Kier molecular flexibility index (Phi) is 5.74. The Morgan fingerprint density at radius 1 is 0.489 bits per heavy atom. The number of hydrogen-bond acceptors (Lipinski definition) is 0. The molecule has 3 aliphatic rings. The molecule has 3 aromatic heterocycles. The molecule has 3 nitrogen and oxygen atoms in total. The fourth-order valence-corrected chi connectivity index (χ4v) is 8.64. The third-order valence-corrected chi connectivity index (χ3v) is 10.7. The van der Waals surface area contributed by atoms with Crippen LogP contribution >= 0.6 is 0 Å². The van der Waals surface area contributed by atoms with E-state index in [4.69, 9.17) is 0 Å². The average molecular weight is 605 g/mol. The zero-order valence-corrected chi connectivity index (χ0v) is 26.3. The Bertz CT molecular complexity index is 2390. The van der Waals surface area contributed by atoms with Crippen molar-refractivity contribution in [1.29, 1.82) is 0 Å². The lowest BCUT2D eigenvalue weighted by atomic mass is 9.80. The molecule has 3 aliphatic heterocycles. The Balaban J connectivity index is 1.31. The summed E-state index contributed by atoms with van der Waals surface area (Å²) in [5.74, 6) is 0. The lowest BCUT2D eigenvalue weighted by Crippen LogP contribution is -2.61. The molecule has 2 atom stereocenters. The summed E-state index contributed by atoms with van der Waals surface area (Å²) in [6.07, 6.45) is 8.97. The smallest absolute Gasteiger partial charge is 0.190 e. The molecule has 0 saturated carbocycles. The van der Waals surface area contributed by atoms with Crippen LogP contribution in [0.1, 0.15) is 34.5 Å². The predicted octanol–water partition coefficient (Wildman–Crippen LogP) is 8.25. The summed E-state index contributed by atoms with van der Waals surface area (Å²) in [6.45, 7) is 2.26. The second-order valence-corrected chi connectivity index (χ2v) is 13.2. The van der Waals surface area contributed by atoms with E-state index in [0.29, 0.717) is 0 Å². The minimum absolute atomic E-state index is 0.103. The lowest BCUT2D eigenvalue weighted by molar-refractivity contribution is -0.936. The number of hydrogen-bond donors (Lipinski definition) is 0. The number of nitrogens with zero attached hydrogens (tertiary/aromatic N) is 3. The molecule has 0 spiro atoms. The molecule has 0 amide bonds. The molecule has 3 heteroatoms. The predicted molar refractivity (Wildman–Crippen MR) is 185 cm³/mol. The van der Waals surface area contributed by atoms with E-state index >= 15 is 0 Å². The van der Waals surface area contributed by atoms with Crippen LogP contribution < -0.4 is 13.7 Å². The highest BCUT2D eigenvalue weighted by Crippen LogP contribution is 2.45. The van der Waals surface area contributed by atoms with Crippen LogP contribution in [0.4, 0.5) is 0 Å². The van der Waals surface area contributed by atoms with Gasteiger partial charge in [0.1, 0.15) is 6.42 Å². The molecule has 6 heterocycles. The van der Waals surface area contributed by atoms with Gasteiger partial charge in [-0.05, 0) is 70.6 Å². The van der Waals surface area contributed by atoms with Crippen molar-refractivity contribution in [3.63, 3.8) is 0 Å². The van der Waals surface area contributed by atoms with Crippen molar-refractivity contribution >= 4 is 0 Å². The van der Waals surface area contributed by atoms with E-state index < -0.39 is 0 Å². The minimum Gasteiger partial charge on any atom is -0.190 e. The van der Waals surface area contributed by atoms with Gasteiger partial charge in [0, 0.05) is 53.4 Å². The molecule has 0 N–H and O–H groups in total. The van der Waals surface area contributed by atoms with Crippen LogP contribution in [0.5, 0.6) is 0 Å². The van der Waals surface area contributed by atoms with E-state index in [1.54, 1.807) is 0 Å². The number of aryl methyl sites for hydroxylation is 1. The number of benzene rings is 4.